The number of ketones is 1. The average molecular weight is 236 g/mol. The maximum atomic E-state index is 12.3. The lowest BCUT2D eigenvalue weighted by Crippen LogP contribution is -2.55. The number of hydrogen-bond acceptors (Lipinski definition) is 2. The number of carbonyl (C=O) groups excluding carboxylic acids is 1. The second-order valence-electron chi connectivity index (χ2n) is 5.28. The first-order chi connectivity index (χ1) is 7.80. The van der Waals surface area contributed by atoms with Gasteiger partial charge in [-0.15, -0.1) is 0 Å². The van der Waals surface area contributed by atoms with Crippen molar-refractivity contribution >= 4 is 11.8 Å². The highest BCUT2D eigenvalue weighted by molar-refractivity contribution is 6.10. The van der Waals surface area contributed by atoms with E-state index < -0.39 is 16.8 Å². The molecule has 0 fully saturated rings. The topological polar surface area (TPSA) is 54.4 Å². The van der Waals surface area contributed by atoms with Gasteiger partial charge in [0.2, 0.25) is 0 Å². The van der Waals surface area contributed by atoms with Crippen LogP contribution in [0.25, 0.3) is 0 Å². The molecular formula is C14H20O3. The van der Waals surface area contributed by atoms with Gasteiger partial charge in [-0.1, -0.05) is 39.0 Å². The fourth-order valence-corrected chi connectivity index (χ4v) is 2.92. The SMILES string of the molecule is C/C=C\C(=O)C1(C(=O)O)C(C)C=CCC1(C)C. The summed E-state index contributed by atoms with van der Waals surface area (Å²) in [6.07, 6.45) is 7.39. The van der Waals surface area contributed by atoms with E-state index in [4.69, 9.17) is 0 Å². The Morgan fingerprint density at radius 1 is 1.41 bits per heavy atom. The number of carboxylic acids is 1. The van der Waals surface area contributed by atoms with Crippen LogP contribution >= 0.6 is 0 Å². The Balaban J connectivity index is 3.45. The Labute approximate surface area is 102 Å². The van der Waals surface area contributed by atoms with E-state index in [1.54, 1.807) is 19.9 Å². The fourth-order valence-electron chi connectivity index (χ4n) is 2.92. The lowest BCUT2D eigenvalue weighted by atomic mass is 9.53. The molecule has 2 unspecified atom stereocenters. The van der Waals surface area contributed by atoms with Gasteiger partial charge >= 0.3 is 5.97 Å². The number of carbonyl (C=O) groups is 2. The molecular weight excluding hydrogens is 216 g/mol. The molecule has 2 atom stereocenters. The summed E-state index contributed by atoms with van der Waals surface area (Å²) in [7, 11) is 0. The van der Waals surface area contributed by atoms with Gasteiger partial charge in [-0.25, -0.2) is 0 Å². The van der Waals surface area contributed by atoms with Gasteiger partial charge in [0.25, 0.3) is 0 Å². The minimum Gasteiger partial charge on any atom is -0.480 e. The molecule has 0 aromatic heterocycles. The molecule has 0 radical (unpaired) electrons. The molecule has 0 bridgehead atoms. The summed E-state index contributed by atoms with van der Waals surface area (Å²) in [5.41, 5.74) is -1.93. The third-order valence-corrected chi connectivity index (χ3v) is 3.85. The predicted molar refractivity (Wildman–Crippen MR) is 66.6 cm³/mol. The zero-order chi connectivity index (χ0) is 13.3. The molecule has 0 aromatic rings. The largest absolute Gasteiger partial charge is 0.480 e. The molecule has 3 heteroatoms. The van der Waals surface area contributed by atoms with Crippen molar-refractivity contribution in [2.24, 2.45) is 16.7 Å². The zero-order valence-corrected chi connectivity index (χ0v) is 10.9. The molecule has 0 amide bonds. The van der Waals surface area contributed by atoms with Crippen LogP contribution in [0.1, 0.15) is 34.1 Å². The summed E-state index contributed by atoms with van der Waals surface area (Å²) >= 11 is 0. The van der Waals surface area contributed by atoms with Crippen LogP contribution in [0.2, 0.25) is 0 Å². The summed E-state index contributed by atoms with van der Waals surface area (Å²) in [5.74, 6) is -1.63. The maximum Gasteiger partial charge on any atom is 0.318 e. The molecule has 0 aromatic carbocycles. The second kappa shape index (κ2) is 4.47. The van der Waals surface area contributed by atoms with Gasteiger partial charge in [0.15, 0.2) is 5.78 Å². The first-order valence-corrected chi connectivity index (χ1v) is 5.88. The highest BCUT2D eigenvalue weighted by atomic mass is 16.4. The smallest absolute Gasteiger partial charge is 0.318 e. The minimum atomic E-state index is -1.35. The summed E-state index contributed by atoms with van der Waals surface area (Å²) in [4.78, 5) is 24.0. The third-order valence-electron chi connectivity index (χ3n) is 3.85. The summed E-state index contributed by atoms with van der Waals surface area (Å²) in [6.45, 7) is 7.22. The molecule has 1 aliphatic carbocycles. The zero-order valence-electron chi connectivity index (χ0n) is 10.9. The molecule has 1 N–H and O–H groups in total. The van der Waals surface area contributed by atoms with Gasteiger partial charge in [0.05, 0.1) is 0 Å². The molecule has 94 valence electrons. The Hall–Kier alpha value is -1.38. The first-order valence-electron chi connectivity index (χ1n) is 5.88. The van der Waals surface area contributed by atoms with Crippen molar-refractivity contribution < 1.29 is 14.7 Å². The number of hydrogen-bond donors (Lipinski definition) is 1. The summed E-state index contributed by atoms with van der Waals surface area (Å²) in [5, 5.41) is 9.60. The van der Waals surface area contributed by atoms with Gasteiger partial charge < -0.3 is 5.11 Å². The van der Waals surface area contributed by atoms with Crippen LogP contribution in [-0.2, 0) is 9.59 Å². The highest BCUT2D eigenvalue weighted by Crippen LogP contribution is 2.52. The van der Waals surface area contributed by atoms with Crippen molar-refractivity contribution in [1.29, 1.82) is 0 Å². The van der Waals surface area contributed by atoms with Crippen molar-refractivity contribution in [3.8, 4) is 0 Å². The first kappa shape index (κ1) is 13.7. The molecule has 0 saturated carbocycles. The number of aliphatic carboxylic acids is 1. The summed E-state index contributed by atoms with van der Waals surface area (Å²) in [6, 6.07) is 0. The number of rotatable bonds is 3. The third kappa shape index (κ3) is 1.84. The van der Waals surface area contributed by atoms with E-state index in [0.717, 1.165) is 0 Å². The lowest BCUT2D eigenvalue weighted by Gasteiger charge is -2.46. The van der Waals surface area contributed by atoms with E-state index in [1.807, 2.05) is 26.0 Å². The second-order valence-corrected chi connectivity index (χ2v) is 5.28. The highest BCUT2D eigenvalue weighted by Gasteiger charge is 2.59. The Bertz CT molecular complexity index is 390. The van der Waals surface area contributed by atoms with E-state index in [9.17, 15) is 14.7 Å². The van der Waals surface area contributed by atoms with E-state index in [1.165, 1.54) is 6.08 Å². The molecule has 1 aliphatic rings. The van der Waals surface area contributed by atoms with Crippen LogP contribution in [0, 0.1) is 16.7 Å². The molecule has 17 heavy (non-hydrogen) atoms. The number of carboxylic acid groups (broad SMARTS) is 1. The fraction of sp³-hybridized carbons (Fsp3) is 0.571. The molecule has 0 aliphatic heterocycles. The van der Waals surface area contributed by atoms with Crippen molar-refractivity contribution in [2.75, 3.05) is 0 Å². The van der Waals surface area contributed by atoms with Crippen molar-refractivity contribution in [2.45, 2.75) is 34.1 Å². The summed E-state index contributed by atoms with van der Waals surface area (Å²) < 4.78 is 0. The van der Waals surface area contributed by atoms with Crippen LogP contribution in [0.3, 0.4) is 0 Å². The molecule has 0 spiro atoms. The van der Waals surface area contributed by atoms with Gasteiger partial charge in [-0.2, -0.15) is 0 Å². The maximum absolute atomic E-state index is 12.3. The van der Waals surface area contributed by atoms with Crippen LogP contribution in [0.5, 0.6) is 0 Å². The van der Waals surface area contributed by atoms with Crippen LogP contribution < -0.4 is 0 Å². The van der Waals surface area contributed by atoms with Gasteiger partial charge in [-0.05, 0) is 30.8 Å². The normalized spacial score (nSPS) is 31.6. The van der Waals surface area contributed by atoms with Gasteiger partial charge in [0, 0.05) is 0 Å². The van der Waals surface area contributed by atoms with E-state index in [0.29, 0.717) is 6.42 Å². The van der Waals surface area contributed by atoms with E-state index in [-0.39, 0.29) is 11.7 Å². The molecule has 0 heterocycles. The van der Waals surface area contributed by atoms with E-state index in [2.05, 4.69) is 0 Å². The lowest BCUT2D eigenvalue weighted by molar-refractivity contribution is -0.166. The Morgan fingerprint density at radius 3 is 2.41 bits per heavy atom. The van der Waals surface area contributed by atoms with Gasteiger partial charge in [0.1, 0.15) is 5.41 Å². The standard InChI is InChI=1S/C14H20O3/c1-5-7-11(15)14(12(16)17)10(2)8-6-9-13(14,3)4/h5-8,10H,9H2,1-4H3,(H,16,17)/b7-5-. The van der Waals surface area contributed by atoms with Crippen LogP contribution in [0.4, 0.5) is 0 Å². The van der Waals surface area contributed by atoms with Crippen molar-refractivity contribution in [3.05, 3.63) is 24.3 Å². The van der Waals surface area contributed by atoms with Crippen molar-refractivity contribution in [3.63, 3.8) is 0 Å². The molecule has 3 nitrogen and oxygen atoms in total. The molecule has 0 saturated heterocycles. The Kier molecular flexibility index (Phi) is 3.60. The van der Waals surface area contributed by atoms with Crippen LogP contribution in [-0.4, -0.2) is 16.9 Å². The minimum absolute atomic E-state index is 0.299. The predicted octanol–water partition coefficient (Wildman–Crippen LogP) is 2.82. The quantitative estimate of drug-likeness (QED) is 0.465. The van der Waals surface area contributed by atoms with Gasteiger partial charge in [-0.3, -0.25) is 9.59 Å². The Morgan fingerprint density at radius 2 is 2.00 bits per heavy atom. The van der Waals surface area contributed by atoms with Crippen molar-refractivity contribution in [1.82, 2.24) is 0 Å². The van der Waals surface area contributed by atoms with E-state index >= 15 is 0 Å². The van der Waals surface area contributed by atoms with Crippen LogP contribution in [0.15, 0.2) is 24.3 Å². The average Bonchev–Trinajstić information content (AvgIpc) is 2.16. The molecule has 1 rings (SSSR count). The monoisotopic (exact) mass is 236 g/mol. The number of allylic oxidation sites excluding steroid dienone is 4.